The van der Waals surface area contributed by atoms with Crippen molar-refractivity contribution in [2.45, 2.75) is 33.1 Å². The maximum absolute atomic E-state index is 12.2. The average Bonchev–Trinajstić information content (AvgIpc) is 2.34. The summed E-state index contributed by atoms with van der Waals surface area (Å²) in [7, 11) is -0.699. The van der Waals surface area contributed by atoms with Gasteiger partial charge >= 0.3 is 5.97 Å². The van der Waals surface area contributed by atoms with Crippen LogP contribution in [0.1, 0.15) is 33.1 Å². The molecule has 0 unspecified atom stereocenters. The minimum atomic E-state index is -3.47. The first kappa shape index (κ1) is 17.3. The quantitative estimate of drug-likeness (QED) is 0.587. The van der Waals surface area contributed by atoms with Gasteiger partial charge in [0.25, 0.3) is 10.2 Å². The molecule has 0 spiro atoms. The second-order valence-corrected chi connectivity index (χ2v) is 6.09. The minimum absolute atomic E-state index is 0.0678. The molecule has 18 heavy (non-hydrogen) atoms. The number of esters is 1. The molecule has 0 aromatic carbocycles. The third-order valence-electron chi connectivity index (χ3n) is 2.52. The molecular weight excluding hydrogens is 256 g/mol. The van der Waals surface area contributed by atoms with Crippen LogP contribution in [0.5, 0.6) is 0 Å². The van der Waals surface area contributed by atoms with Crippen LogP contribution in [0.4, 0.5) is 0 Å². The van der Waals surface area contributed by atoms with E-state index in [1.165, 1.54) is 22.8 Å². The Hall–Kier alpha value is -0.660. The van der Waals surface area contributed by atoms with Crippen molar-refractivity contribution < 1.29 is 17.9 Å². The van der Waals surface area contributed by atoms with Crippen LogP contribution in [-0.2, 0) is 19.7 Å². The zero-order valence-corrected chi connectivity index (χ0v) is 12.5. The van der Waals surface area contributed by atoms with E-state index in [0.29, 0.717) is 13.1 Å². The number of methoxy groups -OCH3 is 1. The second-order valence-electron chi connectivity index (χ2n) is 4.05. The molecule has 108 valence electrons. The van der Waals surface area contributed by atoms with Gasteiger partial charge in [-0.1, -0.05) is 13.8 Å². The molecule has 0 rings (SSSR count). The molecule has 0 saturated carbocycles. The highest BCUT2D eigenvalue weighted by Crippen LogP contribution is 2.09. The third-order valence-corrected chi connectivity index (χ3v) is 4.51. The van der Waals surface area contributed by atoms with Gasteiger partial charge in [-0.25, -0.2) is 0 Å². The largest absolute Gasteiger partial charge is 0.469 e. The van der Waals surface area contributed by atoms with E-state index in [1.54, 1.807) is 0 Å². The van der Waals surface area contributed by atoms with Crippen LogP contribution >= 0.6 is 0 Å². The maximum Gasteiger partial charge on any atom is 0.306 e. The lowest BCUT2D eigenvalue weighted by Gasteiger charge is -2.26. The van der Waals surface area contributed by atoms with Gasteiger partial charge in [0.15, 0.2) is 0 Å². The standard InChI is InChI=1S/C11H24N2O4S/c1-5-8-13(9-6-2)18(15,16)12(3)10-7-11(14)17-4/h5-10H2,1-4H3. The van der Waals surface area contributed by atoms with Crippen LogP contribution < -0.4 is 0 Å². The first-order chi connectivity index (χ1) is 8.39. The molecule has 0 atom stereocenters. The molecule has 7 heteroatoms. The SMILES string of the molecule is CCCN(CCC)S(=O)(=O)N(C)CCC(=O)OC. The van der Waals surface area contributed by atoms with Gasteiger partial charge in [0, 0.05) is 26.7 Å². The highest BCUT2D eigenvalue weighted by molar-refractivity contribution is 7.86. The highest BCUT2D eigenvalue weighted by Gasteiger charge is 2.25. The Morgan fingerprint density at radius 1 is 1.11 bits per heavy atom. The number of hydrogen-bond acceptors (Lipinski definition) is 4. The van der Waals surface area contributed by atoms with Gasteiger partial charge in [0.1, 0.15) is 0 Å². The Balaban J connectivity index is 4.60. The number of carbonyl (C=O) groups is 1. The van der Waals surface area contributed by atoms with Crippen LogP contribution in [0.15, 0.2) is 0 Å². The van der Waals surface area contributed by atoms with E-state index in [2.05, 4.69) is 4.74 Å². The zero-order valence-electron chi connectivity index (χ0n) is 11.7. The second kappa shape index (κ2) is 8.44. The fraction of sp³-hybridized carbons (Fsp3) is 0.909. The molecule has 0 aromatic rings. The molecule has 0 saturated heterocycles. The number of carbonyl (C=O) groups excluding carboxylic acids is 1. The lowest BCUT2D eigenvalue weighted by molar-refractivity contribution is -0.140. The number of ether oxygens (including phenoxy) is 1. The summed E-state index contributed by atoms with van der Waals surface area (Å²) in [6, 6.07) is 0. The van der Waals surface area contributed by atoms with Crippen molar-refractivity contribution in [3.8, 4) is 0 Å². The summed E-state index contributed by atoms with van der Waals surface area (Å²) in [5, 5.41) is 0. The molecule has 0 aliphatic carbocycles. The topological polar surface area (TPSA) is 66.9 Å². The van der Waals surface area contributed by atoms with E-state index >= 15 is 0 Å². The summed E-state index contributed by atoms with van der Waals surface area (Å²) < 4.78 is 31.6. The molecule has 0 bridgehead atoms. The first-order valence-electron chi connectivity index (χ1n) is 6.18. The lowest BCUT2D eigenvalue weighted by atomic mass is 10.4. The summed E-state index contributed by atoms with van der Waals surface area (Å²) in [4.78, 5) is 11.0. The molecule has 0 aliphatic heterocycles. The van der Waals surface area contributed by atoms with Crippen molar-refractivity contribution in [3.05, 3.63) is 0 Å². The fourth-order valence-electron chi connectivity index (χ4n) is 1.50. The summed E-state index contributed by atoms with van der Waals surface area (Å²) in [5.74, 6) is -0.408. The molecule has 0 N–H and O–H groups in total. The van der Waals surface area contributed by atoms with Gasteiger partial charge in [-0.15, -0.1) is 0 Å². The van der Waals surface area contributed by atoms with Crippen molar-refractivity contribution in [1.29, 1.82) is 0 Å². The van der Waals surface area contributed by atoms with Crippen molar-refractivity contribution in [3.63, 3.8) is 0 Å². The summed E-state index contributed by atoms with van der Waals surface area (Å²) >= 11 is 0. The van der Waals surface area contributed by atoms with Gasteiger partial charge in [0.2, 0.25) is 0 Å². The maximum atomic E-state index is 12.2. The van der Waals surface area contributed by atoms with E-state index in [-0.39, 0.29) is 13.0 Å². The Morgan fingerprint density at radius 2 is 1.61 bits per heavy atom. The van der Waals surface area contributed by atoms with E-state index in [1.807, 2.05) is 13.8 Å². The Labute approximate surface area is 110 Å². The predicted octanol–water partition coefficient (Wildman–Crippen LogP) is 0.848. The monoisotopic (exact) mass is 280 g/mol. The Kier molecular flexibility index (Phi) is 8.13. The van der Waals surface area contributed by atoms with E-state index in [9.17, 15) is 13.2 Å². The zero-order chi connectivity index (χ0) is 14.2. The summed E-state index contributed by atoms with van der Waals surface area (Å²) in [5.41, 5.74) is 0. The van der Waals surface area contributed by atoms with Crippen LogP contribution in [0, 0.1) is 0 Å². The van der Waals surface area contributed by atoms with E-state index in [4.69, 9.17) is 0 Å². The molecule has 0 aromatic heterocycles. The van der Waals surface area contributed by atoms with Crippen molar-refractivity contribution in [2.75, 3.05) is 33.8 Å². The Bertz CT molecular complexity index is 337. The van der Waals surface area contributed by atoms with Crippen LogP contribution in [0.3, 0.4) is 0 Å². The van der Waals surface area contributed by atoms with Crippen LogP contribution in [0.25, 0.3) is 0 Å². The molecule has 0 radical (unpaired) electrons. The summed E-state index contributed by atoms with van der Waals surface area (Å²) in [6.45, 7) is 5.01. The number of nitrogens with zero attached hydrogens (tertiary/aromatic N) is 2. The average molecular weight is 280 g/mol. The van der Waals surface area contributed by atoms with Crippen molar-refractivity contribution >= 4 is 16.2 Å². The first-order valence-corrected chi connectivity index (χ1v) is 7.58. The van der Waals surface area contributed by atoms with E-state index < -0.39 is 16.2 Å². The predicted molar refractivity (Wildman–Crippen MR) is 70.3 cm³/mol. The normalized spacial score (nSPS) is 12.1. The minimum Gasteiger partial charge on any atom is -0.469 e. The van der Waals surface area contributed by atoms with Gasteiger partial charge in [0.05, 0.1) is 13.5 Å². The molecular formula is C11H24N2O4S. The molecule has 0 fully saturated rings. The number of hydrogen-bond donors (Lipinski definition) is 0. The molecule has 6 nitrogen and oxygen atoms in total. The summed E-state index contributed by atoms with van der Waals surface area (Å²) in [6.07, 6.45) is 1.60. The molecule has 0 heterocycles. The molecule has 0 aliphatic rings. The van der Waals surface area contributed by atoms with Gasteiger partial charge in [-0.05, 0) is 12.8 Å². The van der Waals surface area contributed by atoms with Crippen molar-refractivity contribution in [1.82, 2.24) is 8.61 Å². The highest BCUT2D eigenvalue weighted by atomic mass is 32.2. The fourth-order valence-corrected chi connectivity index (χ4v) is 3.05. The smallest absolute Gasteiger partial charge is 0.306 e. The third kappa shape index (κ3) is 5.32. The van der Waals surface area contributed by atoms with Gasteiger partial charge < -0.3 is 4.74 Å². The van der Waals surface area contributed by atoms with Crippen molar-refractivity contribution in [2.24, 2.45) is 0 Å². The molecule has 0 amide bonds. The van der Waals surface area contributed by atoms with E-state index in [0.717, 1.165) is 12.8 Å². The lowest BCUT2D eigenvalue weighted by Crippen LogP contribution is -2.43. The Morgan fingerprint density at radius 3 is 2.00 bits per heavy atom. The number of rotatable bonds is 9. The van der Waals surface area contributed by atoms with Crippen LogP contribution in [0.2, 0.25) is 0 Å². The van der Waals surface area contributed by atoms with Crippen LogP contribution in [-0.4, -0.2) is 56.8 Å². The van der Waals surface area contributed by atoms with Gasteiger partial charge in [-0.3, -0.25) is 4.79 Å². The van der Waals surface area contributed by atoms with Gasteiger partial charge in [-0.2, -0.15) is 17.0 Å².